The molecule has 3 rings (SSSR count). The molecular weight excluding hydrogens is 334 g/mol. The summed E-state index contributed by atoms with van der Waals surface area (Å²) in [5.41, 5.74) is 0.649. The SMILES string of the molecule is COc1ccccc1-c1noc(C(C)NC(=O)C2CC(F)(F)CN2)n1. The summed E-state index contributed by atoms with van der Waals surface area (Å²) in [7, 11) is 1.53. The molecule has 2 heterocycles. The molecule has 2 aromatic rings. The highest BCUT2D eigenvalue weighted by atomic mass is 19.3. The summed E-state index contributed by atoms with van der Waals surface area (Å²) in [5, 5.41) is 9.00. The quantitative estimate of drug-likeness (QED) is 0.855. The van der Waals surface area contributed by atoms with Gasteiger partial charge in [0.25, 0.3) is 5.92 Å². The van der Waals surface area contributed by atoms with Crippen LogP contribution in [0.15, 0.2) is 28.8 Å². The van der Waals surface area contributed by atoms with Gasteiger partial charge in [-0.05, 0) is 19.1 Å². The first kappa shape index (κ1) is 17.3. The summed E-state index contributed by atoms with van der Waals surface area (Å²) in [6, 6.07) is 5.62. The maximum Gasteiger partial charge on any atom is 0.262 e. The molecule has 7 nitrogen and oxygen atoms in total. The van der Waals surface area contributed by atoms with E-state index in [2.05, 4.69) is 20.8 Å². The van der Waals surface area contributed by atoms with Crippen LogP contribution >= 0.6 is 0 Å². The van der Waals surface area contributed by atoms with E-state index in [1.165, 1.54) is 7.11 Å². The number of carbonyl (C=O) groups excluding carboxylic acids is 1. The molecule has 9 heteroatoms. The molecule has 0 radical (unpaired) electrons. The summed E-state index contributed by atoms with van der Waals surface area (Å²) < 4.78 is 36.8. The monoisotopic (exact) mass is 352 g/mol. The number of methoxy groups -OCH3 is 1. The third-order valence-electron chi connectivity index (χ3n) is 3.95. The number of halogens is 2. The fraction of sp³-hybridized carbons (Fsp3) is 0.438. The molecule has 1 aromatic carbocycles. The largest absolute Gasteiger partial charge is 0.496 e. The van der Waals surface area contributed by atoms with E-state index in [9.17, 15) is 13.6 Å². The molecule has 134 valence electrons. The molecule has 1 aromatic heterocycles. The van der Waals surface area contributed by atoms with E-state index < -0.39 is 36.9 Å². The van der Waals surface area contributed by atoms with Crippen molar-refractivity contribution in [3.63, 3.8) is 0 Å². The lowest BCUT2D eigenvalue weighted by Crippen LogP contribution is -2.41. The molecule has 2 atom stereocenters. The lowest BCUT2D eigenvalue weighted by Gasteiger charge is -2.14. The summed E-state index contributed by atoms with van der Waals surface area (Å²) >= 11 is 0. The van der Waals surface area contributed by atoms with Crippen LogP contribution in [0.2, 0.25) is 0 Å². The van der Waals surface area contributed by atoms with Crippen molar-refractivity contribution in [1.82, 2.24) is 20.8 Å². The lowest BCUT2D eigenvalue weighted by atomic mass is 10.1. The molecule has 0 spiro atoms. The van der Waals surface area contributed by atoms with E-state index in [0.717, 1.165) is 0 Å². The Morgan fingerprint density at radius 2 is 2.24 bits per heavy atom. The number of carbonyl (C=O) groups is 1. The molecule has 0 bridgehead atoms. The fourth-order valence-corrected chi connectivity index (χ4v) is 2.63. The predicted octanol–water partition coefficient (Wildman–Crippen LogP) is 1.92. The number of para-hydroxylation sites is 1. The van der Waals surface area contributed by atoms with Gasteiger partial charge in [0.1, 0.15) is 11.8 Å². The van der Waals surface area contributed by atoms with Gasteiger partial charge < -0.3 is 14.6 Å². The first-order chi connectivity index (χ1) is 11.9. The minimum Gasteiger partial charge on any atom is -0.496 e. The van der Waals surface area contributed by atoms with Crippen molar-refractivity contribution < 1.29 is 22.8 Å². The third kappa shape index (κ3) is 3.76. The first-order valence-electron chi connectivity index (χ1n) is 7.78. The zero-order chi connectivity index (χ0) is 18.0. The number of nitrogens with one attached hydrogen (secondary N) is 2. The number of alkyl halides is 2. The van der Waals surface area contributed by atoms with E-state index in [1.54, 1.807) is 19.1 Å². The Hall–Kier alpha value is -2.55. The molecule has 1 saturated heterocycles. The standard InChI is InChI=1S/C16H18F2N4O3/c1-9(20-14(23)11-7-16(17,18)8-19-11)15-21-13(22-25-15)10-5-3-4-6-12(10)24-2/h3-6,9,11,19H,7-8H2,1-2H3,(H,20,23). The minimum atomic E-state index is -2.87. The van der Waals surface area contributed by atoms with Gasteiger partial charge in [-0.1, -0.05) is 17.3 Å². The topological polar surface area (TPSA) is 89.3 Å². The Balaban J connectivity index is 1.69. The smallest absolute Gasteiger partial charge is 0.262 e. The number of nitrogens with zero attached hydrogens (tertiary/aromatic N) is 2. The molecule has 0 saturated carbocycles. The van der Waals surface area contributed by atoms with Crippen LogP contribution in [0.25, 0.3) is 11.4 Å². The second-order valence-corrected chi connectivity index (χ2v) is 5.88. The Labute approximate surface area is 142 Å². The second-order valence-electron chi connectivity index (χ2n) is 5.88. The third-order valence-corrected chi connectivity index (χ3v) is 3.95. The summed E-state index contributed by atoms with van der Waals surface area (Å²) in [5.74, 6) is -2.31. The van der Waals surface area contributed by atoms with Crippen molar-refractivity contribution in [3.05, 3.63) is 30.2 Å². The minimum absolute atomic E-state index is 0.180. The highest BCUT2D eigenvalue weighted by Gasteiger charge is 2.42. The van der Waals surface area contributed by atoms with Crippen molar-refractivity contribution in [2.45, 2.75) is 31.4 Å². The van der Waals surface area contributed by atoms with Crippen LogP contribution < -0.4 is 15.4 Å². The van der Waals surface area contributed by atoms with E-state index in [0.29, 0.717) is 17.1 Å². The number of hydrogen-bond acceptors (Lipinski definition) is 6. The van der Waals surface area contributed by atoms with Gasteiger partial charge in [-0.25, -0.2) is 8.78 Å². The predicted molar refractivity (Wildman–Crippen MR) is 84.2 cm³/mol. The maximum atomic E-state index is 13.2. The molecule has 1 aliphatic rings. The van der Waals surface area contributed by atoms with E-state index >= 15 is 0 Å². The van der Waals surface area contributed by atoms with Gasteiger partial charge in [-0.2, -0.15) is 4.98 Å². The summed E-state index contributed by atoms with van der Waals surface area (Å²) in [4.78, 5) is 16.3. The molecule has 2 unspecified atom stereocenters. The second kappa shape index (κ2) is 6.75. The van der Waals surface area contributed by atoms with Crippen LogP contribution in [0.3, 0.4) is 0 Å². The van der Waals surface area contributed by atoms with Crippen molar-refractivity contribution >= 4 is 5.91 Å². The normalized spacial score (nSPS) is 20.2. The van der Waals surface area contributed by atoms with E-state index in [1.807, 2.05) is 12.1 Å². The molecule has 0 aliphatic carbocycles. The number of aromatic nitrogens is 2. The number of hydrogen-bond donors (Lipinski definition) is 2. The lowest BCUT2D eigenvalue weighted by molar-refractivity contribution is -0.124. The molecule has 1 amide bonds. The zero-order valence-corrected chi connectivity index (χ0v) is 13.8. The zero-order valence-electron chi connectivity index (χ0n) is 13.8. The van der Waals surface area contributed by atoms with Gasteiger partial charge in [0.15, 0.2) is 0 Å². The highest BCUT2D eigenvalue weighted by Crippen LogP contribution is 2.28. The van der Waals surface area contributed by atoms with Gasteiger partial charge in [-0.3, -0.25) is 10.1 Å². The highest BCUT2D eigenvalue weighted by molar-refractivity contribution is 5.82. The van der Waals surface area contributed by atoms with Crippen molar-refractivity contribution in [3.8, 4) is 17.1 Å². The van der Waals surface area contributed by atoms with Gasteiger partial charge >= 0.3 is 0 Å². The van der Waals surface area contributed by atoms with Crippen LogP contribution in [0.1, 0.15) is 25.3 Å². The van der Waals surface area contributed by atoms with Crippen LogP contribution in [0.5, 0.6) is 5.75 Å². The van der Waals surface area contributed by atoms with Crippen LogP contribution in [0.4, 0.5) is 8.78 Å². The Kier molecular flexibility index (Phi) is 4.67. The summed E-state index contributed by atoms with van der Waals surface area (Å²) in [6.45, 7) is 1.14. The Bertz CT molecular complexity index is 765. The first-order valence-corrected chi connectivity index (χ1v) is 7.78. The average molecular weight is 352 g/mol. The summed E-state index contributed by atoms with van der Waals surface area (Å²) in [6.07, 6.45) is -0.526. The van der Waals surface area contributed by atoms with E-state index in [-0.39, 0.29) is 5.89 Å². The number of benzene rings is 1. The van der Waals surface area contributed by atoms with Crippen LogP contribution in [-0.2, 0) is 4.79 Å². The Morgan fingerprint density at radius 3 is 2.92 bits per heavy atom. The van der Waals surface area contributed by atoms with Crippen LogP contribution in [-0.4, -0.2) is 41.7 Å². The number of rotatable bonds is 5. The van der Waals surface area contributed by atoms with Gasteiger partial charge in [0.2, 0.25) is 17.6 Å². The Morgan fingerprint density at radius 1 is 1.48 bits per heavy atom. The molecule has 25 heavy (non-hydrogen) atoms. The van der Waals surface area contributed by atoms with Crippen molar-refractivity contribution in [1.29, 1.82) is 0 Å². The van der Waals surface area contributed by atoms with Gasteiger partial charge in [-0.15, -0.1) is 0 Å². The van der Waals surface area contributed by atoms with Gasteiger partial charge in [0.05, 0.1) is 25.3 Å². The molecule has 1 fully saturated rings. The van der Waals surface area contributed by atoms with Crippen LogP contribution in [0, 0.1) is 0 Å². The molecule has 1 aliphatic heterocycles. The number of ether oxygens (including phenoxy) is 1. The number of amides is 1. The maximum absolute atomic E-state index is 13.2. The van der Waals surface area contributed by atoms with E-state index in [4.69, 9.17) is 9.26 Å². The average Bonchev–Trinajstić information content (AvgIpc) is 3.21. The molecular formula is C16H18F2N4O3. The molecule has 2 N–H and O–H groups in total. The fourth-order valence-electron chi connectivity index (χ4n) is 2.63. The van der Waals surface area contributed by atoms with Crippen molar-refractivity contribution in [2.75, 3.05) is 13.7 Å². The van der Waals surface area contributed by atoms with Gasteiger partial charge in [0, 0.05) is 6.42 Å². The van der Waals surface area contributed by atoms with Crippen molar-refractivity contribution in [2.24, 2.45) is 0 Å².